The van der Waals surface area contributed by atoms with Crippen molar-refractivity contribution in [1.82, 2.24) is 29.0 Å². The zero-order chi connectivity index (χ0) is 16.4. The van der Waals surface area contributed by atoms with E-state index in [9.17, 15) is 0 Å². The quantitative estimate of drug-likeness (QED) is 0.724. The Morgan fingerprint density at radius 1 is 1.21 bits per heavy atom. The van der Waals surface area contributed by atoms with Gasteiger partial charge in [-0.3, -0.25) is 9.30 Å². The molecule has 0 saturated carbocycles. The molecule has 0 aliphatic carbocycles. The Hall–Kier alpha value is -2.21. The molecule has 1 aliphatic heterocycles. The molecule has 24 heavy (non-hydrogen) atoms. The van der Waals surface area contributed by atoms with Gasteiger partial charge in [0.2, 0.25) is 0 Å². The maximum atomic E-state index is 4.55. The Kier molecular flexibility index (Phi) is 4.30. The van der Waals surface area contributed by atoms with Gasteiger partial charge in [-0.15, -0.1) is 10.2 Å². The van der Waals surface area contributed by atoms with Crippen LogP contribution in [0.4, 0.5) is 0 Å². The molecule has 1 fully saturated rings. The van der Waals surface area contributed by atoms with Crippen LogP contribution in [0.2, 0.25) is 0 Å². The third kappa shape index (κ3) is 2.94. The largest absolute Gasteiger partial charge is 0.334 e. The van der Waals surface area contributed by atoms with Crippen molar-refractivity contribution >= 4 is 5.65 Å². The first-order chi connectivity index (χ1) is 11.8. The molecule has 0 spiro atoms. The van der Waals surface area contributed by atoms with Crippen molar-refractivity contribution in [1.29, 1.82) is 0 Å². The minimum absolute atomic E-state index is 0.436. The lowest BCUT2D eigenvalue weighted by atomic mass is 9.97. The molecule has 0 aromatic carbocycles. The van der Waals surface area contributed by atoms with E-state index in [2.05, 4.69) is 48.4 Å². The van der Waals surface area contributed by atoms with Crippen LogP contribution in [0.3, 0.4) is 0 Å². The third-order valence-electron chi connectivity index (χ3n) is 4.84. The van der Waals surface area contributed by atoms with Gasteiger partial charge in [0.15, 0.2) is 5.65 Å². The summed E-state index contributed by atoms with van der Waals surface area (Å²) in [6, 6.07) is 6.06. The van der Waals surface area contributed by atoms with Crippen molar-refractivity contribution in [3.63, 3.8) is 0 Å². The van der Waals surface area contributed by atoms with Gasteiger partial charge >= 0.3 is 0 Å². The van der Waals surface area contributed by atoms with E-state index < -0.39 is 0 Å². The number of hydrogen-bond acceptors (Lipinski definition) is 4. The van der Waals surface area contributed by atoms with Crippen LogP contribution in [0.5, 0.6) is 0 Å². The van der Waals surface area contributed by atoms with Crippen LogP contribution in [-0.4, -0.2) is 42.1 Å². The second kappa shape index (κ2) is 6.73. The van der Waals surface area contributed by atoms with Gasteiger partial charge in [0, 0.05) is 37.6 Å². The monoisotopic (exact) mass is 324 g/mol. The van der Waals surface area contributed by atoms with E-state index >= 15 is 0 Å². The smallest absolute Gasteiger partial charge is 0.160 e. The Bertz CT molecular complexity index is 805. The van der Waals surface area contributed by atoms with E-state index in [1.165, 1.54) is 18.7 Å². The summed E-state index contributed by atoms with van der Waals surface area (Å²) in [6.45, 7) is 6.32. The lowest BCUT2D eigenvalue weighted by molar-refractivity contribution is 0.189. The number of rotatable bonds is 5. The van der Waals surface area contributed by atoms with Gasteiger partial charge in [-0.25, -0.2) is 4.98 Å². The van der Waals surface area contributed by atoms with E-state index in [4.69, 9.17) is 0 Å². The number of piperidine rings is 1. The van der Waals surface area contributed by atoms with Crippen LogP contribution in [0, 0.1) is 0 Å². The van der Waals surface area contributed by atoms with Crippen molar-refractivity contribution < 1.29 is 0 Å². The molecule has 4 heterocycles. The van der Waals surface area contributed by atoms with E-state index in [1.807, 2.05) is 24.4 Å². The number of aromatic nitrogens is 5. The molecular weight excluding hydrogens is 300 g/mol. The summed E-state index contributed by atoms with van der Waals surface area (Å²) in [4.78, 5) is 7.06. The first kappa shape index (κ1) is 15.3. The van der Waals surface area contributed by atoms with Gasteiger partial charge < -0.3 is 4.57 Å². The predicted molar refractivity (Wildman–Crippen MR) is 92.8 cm³/mol. The molecule has 1 atom stereocenters. The Morgan fingerprint density at radius 2 is 2.17 bits per heavy atom. The number of imidazole rings is 1. The summed E-state index contributed by atoms with van der Waals surface area (Å²) in [5.74, 6) is 2.70. The van der Waals surface area contributed by atoms with Crippen LogP contribution < -0.4 is 0 Å². The normalized spacial score (nSPS) is 19.1. The summed E-state index contributed by atoms with van der Waals surface area (Å²) >= 11 is 0. The molecule has 0 N–H and O–H groups in total. The third-order valence-corrected chi connectivity index (χ3v) is 4.84. The van der Waals surface area contributed by atoms with Crippen molar-refractivity contribution in [2.24, 2.45) is 0 Å². The van der Waals surface area contributed by atoms with Crippen LogP contribution >= 0.6 is 0 Å². The Morgan fingerprint density at radius 3 is 3.08 bits per heavy atom. The number of nitrogens with zero attached hydrogens (tertiary/aromatic N) is 6. The van der Waals surface area contributed by atoms with Gasteiger partial charge in [0.05, 0.1) is 6.54 Å². The Labute approximate surface area is 142 Å². The molecule has 126 valence electrons. The molecule has 1 saturated heterocycles. The maximum Gasteiger partial charge on any atom is 0.160 e. The highest BCUT2D eigenvalue weighted by atomic mass is 15.3. The average molecular weight is 324 g/mol. The zero-order valence-corrected chi connectivity index (χ0v) is 14.2. The van der Waals surface area contributed by atoms with Crippen molar-refractivity contribution in [2.75, 3.05) is 13.1 Å². The fourth-order valence-electron chi connectivity index (χ4n) is 3.68. The second-order valence-corrected chi connectivity index (χ2v) is 6.60. The topological polar surface area (TPSA) is 51.2 Å². The molecule has 6 nitrogen and oxygen atoms in total. The molecule has 1 aliphatic rings. The molecule has 0 unspecified atom stereocenters. The summed E-state index contributed by atoms with van der Waals surface area (Å²) in [5, 5.41) is 8.77. The second-order valence-electron chi connectivity index (χ2n) is 6.60. The van der Waals surface area contributed by atoms with Crippen LogP contribution in [0.25, 0.3) is 5.65 Å². The summed E-state index contributed by atoms with van der Waals surface area (Å²) in [5.41, 5.74) is 0.933. The fourth-order valence-corrected chi connectivity index (χ4v) is 3.68. The molecular formula is C18H24N6. The minimum Gasteiger partial charge on any atom is -0.334 e. The summed E-state index contributed by atoms with van der Waals surface area (Å²) < 4.78 is 4.41. The molecule has 0 amide bonds. The van der Waals surface area contributed by atoms with E-state index in [0.717, 1.165) is 44.1 Å². The van der Waals surface area contributed by atoms with Crippen LogP contribution in [0.1, 0.15) is 43.8 Å². The lowest BCUT2D eigenvalue weighted by Crippen LogP contribution is -2.35. The zero-order valence-electron chi connectivity index (χ0n) is 14.2. The number of pyridine rings is 1. The van der Waals surface area contributed by atoms with Crippen LogP contribution in [0.15, 0.2) is 36.8 Å². The van der Waals surface area contributed by atoms with E-state index in [-0.39, 0.29) is 0 Å². The van der Waals surface area contributed by atoms with Gasteiger partial charge in [-0.2, -0.15) is 0 Å². The Balaban J connectivity index is 1.50. The minimum atomic E-state index is 0.436. The molecule has 6 heteroatoms. The highest BCUT2D eigenvalue weighted by molar-refractivity contribution is 5.37. The molecule has 0 radical (unpaired) electrons. The van der Waals surface area contributed by atoms with E-state index in [0.29, 0.717) is 5.92 Å². The first-order valence-corrected chi connectivity index (χ1v) is 8.87. The van der Waals surface area contributed by atoms with Gasteiger partial charge in [-0.05, 0) is 37.9 Å². The number of likely N-dealkylation sites (tertiary alicyclic amines) is 1. The maximum absolute atomic E-state index is 4.55. The summed E-state index contributed by atoms with van der Waals surface area (Å²) in [7, 11) is 0. The van der Waals surface area contributed by atoms with Gasteiger partial charge in [0.25, 0.3) is 0 Å². The predicted octanol–water partition coefficient (Wildman–Crippen LogP) is 2.72. The van der Waals surface area contributed by atoms with Crippen LogP contribution in [-0.2, 0) is 13.1 Å². The van der Waals surface area contributed by atoms with Crippen molar-refractivity contribution in [3.05, 3.63) is 48.4 Å². The number of aryl methyl sites for hydroxylation is 1. The van der Waals surface area contributed by atoms with Crippen molar-refractivity contribution in [3.8, 4) is 0 Å². The summed E-state index contributed by atoms with van der Waals surface area (Å²) in [6.07, 6.45) is 9.58. The highest BCUT2D eigenvalue weighted by Gasteiger charge is 2.25. The number of hydrogen-bond donors (Lipinski definition) is 0. The van der Waals surface area contributed by atoms with E-state index in [1.54, 1.807) is 0 Å². The van der Waals surface area contributed by atoms with Gasteiger partial charge in [-0.1, -0.05) is 13.0 Å². The van der Waals surface area contributed by atoms with Crippen molar-refractivity contribution in [2.45, 2.75) is 45.2 Å². The fraction of sp³-hybridized carbons (Fsp3) is 0.500. The molecule has 3 aromatic heterocycles. The molecule has 0 bridgehead atoms. The number of fused-ring (bicyclic) bond motifs is 1. The first-order valence-electron chi connectivity index (χ1n) is 8.87. The molecule has 3 aromatic rings. The molecule has 4 rings (SSSR count). The highest BCUT2D eigenvalue weighted by Crippen LogP contribution is 2.26. The average Bonchev–Trinajstić information content (AvgIpc) is 3.23. The lowest BCUT2D eigenvalue weighted by Gasteiger charge is -2.31. The van der Waals surface area contributed by atoms with Gasteiger partial charge in [0.1, 0.15) is 11.6 Å². The SMILES string of the molecule is CCCn1ccnc1CN1CCC[C@@H](c2nnc3ccccn23)C1. The standard InChI is InChI=1S/C18H24N6/c1-2-9-23-12-8-19-17(23)14-22-10-5-6-15(13-22)18-21-20-16-7-3-4-11-24(16)18/h3-4,7-8,11-12,15H,2,5-6,9-10,13-14H2,1H3/t15-/m1/s1.